The summed E-state index contributed by atoms with van der Waals surface area (Å²) in [6.45, 7) is 3.99. The average molecular weight is 277 g/mol. The van der Waals surface area contributed by atoms with Crippen LogP contribution in [-0.4, -0.2) is 10.1 Å². The molecule has 3 rings (SSSR count). The predicted octanol–water partition coefficient (Wildman–Crippen LogP) is 4.19. The number of benzene rings is 2. The third-order valence-corrected chi connectivity index (χ3v) is 4.07. The smallest absolute Gasteiger partial charge is 0.114 e. The van der Waals surface area contributed by atoms with Gasteiger partial charge in [0.25, 0.3) is 0 Å². The largest absolute Gasteiger partial charge is 0.380 e. The fourth-order valence-electron chi connectivity index (χ4n) is 2.77. The van der Waals surface area contributed by atoms with Crippen molar-refractivity contribution in [3.05, 3.63) is 77.5 Å². The van der Waals surface area contributed by atoms with E-state index in [9.17, 15) is 5.11 Å². The van der Waals surface area contributed by atoms with Gasteiger partial charge in [0.15, 0.2) is 0 Å². The molecule has 0 saturated carbocycles. The maximum Gasteiger partial charge on any atom is 0.114 e. The minimum Gasteiger partial charge on any atom is -0.380 e. The third kappa shape index (κ3) is 2.43. The Labute approximate surface area is 125 Å². The van der Waals surface area contributed by atoms with Gasteiger partial charge in [-0.25, -0.2) is 0 Å². The molecular formula is C19H19NO. The molecule has 2 heteroatoms. The van der Waals surface area contributed by atoms with E-state index < -0.39 is 5.60 Å². The van der Waals surface area contributed by atoms with E-state index in [0.29, 0.717) is 6.42 Å². The van der Waals surface area contributed by atoms with Gasteiger partial charge < -0.3 is 5.11 Å². The van der Waals surface area contributed by atoms with Crippen LogP contribution in [0.15, 0.2) is 60.7 Å². The maximum absolute atomic E-state index is 11.2. The second kappa shape index (κ2) is 5.30. The average Bonchev–Trinajstić information content (AvgIpc) is 2.54. The van der Waals surface area contributed by atoms with Crippen LogP contribution in [-0.2, 0) is 5.60 Å². The number of rotatable bonds is 3. The maximum atomic E-state index is 11.2. The summed E-state index contributed by atoms with van der Waals surface area (Å²) in [6.07, 6.45) is 0.627. The second-order valence-electron chi connectivity index (χ2n) is 5.44. The zero-order valence-electron chi connectivity index (χ0n) is 12.4. The molecule has 0 saturated heterocycles. The Hall–Kier alpha value is -2.19. The van der Waals surface area contributed by atoms with Gasteiger partial charge in [-0.15, -0.1) is 0 Å². The number of aromatic nitrogens is 1. The first-order valence-electron chi connectivity index (χ1n) is 7.29. The fourth-order valence-corrected chi connectivity index (χ4v) is 2.77. The van der Waals surface area contributed by atoms with E-state index in [1.165, 1.54) is 0 Å². The number of hydrogen-bond donors (Lipinski definition) is 1. The summed E-state index contributed by atoms with van der Waals surface area (Å²) in [6, 6.07) is 19.9. The van der Waals surface area contributed by atoms with E-state index in [0.717, 1.165) is 27.7 Å². The Balaban J connectivity index is 2.15. The van der Waals surface area contributed by atoms with Gasteiger partial charge in [-0.2, -0.15) is 0 Å². The van der Waals surface area contributed by atoms with Crippen LogP contribution in [0.1, 0.15) is 30.2 Å². The highest BCUT2D eigenvalue weighted by Crippen LogP contribution is 2.34. The van der Waals surface area contributed by atoms with E-state index in [1.54, 1.807) is 0 Å². The molecule has 0 amide bonds. The highest BCUT2D eigenvalue weighted by molar-refractivity contribution is 5.79. The first kappa shape index (κ1) is 13.8. The third-order valence-electron chi connectivity index (χ3n) is 4.07. The van der Waals surface area contributed by atoms with Crippen molar-refractivity contribution in [2.45, 2.75) is 25.9 Å². The van der Waals surface area contributed by atoms with Crippen LogP contribution in [0.2, 0.25) is 0 Å². The van der Waals surface area contributed by atoms with Crippen molar-refractivity contribution in [2.75, 3.05) is 0 Å². The number of fused-ring (bicyclic) bond motifs is 1. The molecule has 1 heterocycles. The molecule has 0 aliphatic rings. The fraction of sp³-hybridized carbons (Fsp3) is 0.211. The van der Waals surface area contributed by atoms with Crippen LogP contribution in [0.3, 0.4) is 0 Å². The Bertz CT molecular complexity index is 767. The molecule has 1 aromatic heterocycles. The van der Waals surface area contributed by atoms with Crippen LogP contribution in [0, 0.1) is 6.92 Å². The minimum absolute atomic E-state index is 0.627. The SMILES string of the molecule is CCC(O)(c1ccccc1)c1ccc2nc(C)ccc2c1. The van der Waals surface area contributed by atoms with Gasteiger partial charge in [0.1, 0.15) is 5.60 Å². The Morgan fingerprint density at radius 2 is 1.71 bits per heavy atom. The van der Waals surface area contributed by atoms with Crippen LogP contribution < -0.4 is 0 Å². The summed E-state index contributed by atoms with van der Waals surface area (Å²) in [5.74, 6) is 0. The Kier molecular flexibility index (Phi) is 3.48. The highest BCUT2D eigenvalue weighted by atomic mass is 16.3. The molecular weight excluding hydrogens is 258 g/mol. The Morgan fingerprint density at radius 3 is 2.43 bits per heavy atom. The van der Waals surface area contributed by atoms with Crippen molar-refractivity contribution in [3.8, 4) is 0 Å². The second-order valence-corrected chi connectivity index (χ2v) is 5.44. The monoisotopic (exact) mass is 277 g/mol. The van der Waals surface area contributed by atoms with E-state index in [4.69, 9.17) is 0 Å². The van der Waals surface area contributed by atoms with Crippen molar-refractivity contribution >= 4 is 10.9 Å². The molecule has 0 aliphatic heterocycles. The number of aryl methyl sites for hydroxylation is 1. The summed E-state index contributed by atoms with van der Waals surface area (Å²) >= 11 is 0. The van der Waals surface area contributed by atoms with Crippen LogP contribution in [0.5, 0.6) is 0 Å². The predicted molar refractivity (Wildman–Crippen MR) is 86.2 cm³/mol. The molecule has 0 radical (unpaired) electrons. The molecule has 1 N–H and O–H groups in total. The molecule has 3 aromatic rings. The van der Waals surface area contributed by atoms with E-state index in [2.05, 4.69) is 11.1 Å². The number of nitrogens with zero attached hydrogens (tertiary/aromatic N) is 1. The van der Waals surface area contributed by atoms with Crippen molar-refractivity contribution in [1.82, 2.24) is 4.98 Å². The summed E-state index contributed by atoms with van der Waals surface area (Å²) in [4.78, 5) is 4.52. The lowest BCUT2D eigenvalue weighted by molar-refractivity contribution is 0.0767. The van der Waals surface area contributed by atoms with Crippen molar-refractivity contribution in [3.63, 3.8) is 0 Å². The number of pyridine rings is 1. The zero-order chi connectivity index (χ0) is 14.9. The van der Waals surface area contributed by atoms with Gasteiger partial charge in [0.2, 0.25) is 0 Å². The van der Waals surface area contributed by atoms with Gasteiger partial charge in [-0.3, -0.25) is 4.98 Å². The summed E-state index contributed by atoms with van der Waals surface area (Å²) < 4.78 is 0. The molecule has 1 unspecified atom stereocenters. The van der Waals surface area contributed by atoms with E-state index >= 15 is 0 Å². The van der Waals surface area contributed by atoms with Gasteiger partial charge in [-0.05, 0) is 42.7 Å². The quantitative estimate of drug-likeness (QED) is 0.778. The zero-order valence-corrected chi connectivity index (χ0v) is 12.4. The Morgan fingerprint density at radius 1 is 0.952 bits per heavy atom. The van der Waals surface area contributed by atoms with Gasteiger partial charge in [-0.1, -0.05) is 49.4 Å². The van der Waals surface area contributed by atoms with E-state index in [1.807, 2.05) is 68.4 Å². The van der Waals surface area contributed by atoms with Crippen LogP contribution >= 0.6 is 0 Å². The number of hydrogen-bond acceptors (Lipinski definition) is 2. The van der Waals surface area contributed by atoms with Crippen LogP contribution in [0.4, 0.5) is 0 Å². The summed E-state index contributed by atoms with van der Waals surface area (Å²) in [5.41, 5.74) is 2.84. The first-order chi connectivity index (χ1) is 10.1. The van der Waals surface area contributed by atoms with Gasteiger partial charge in [0.05, 0.1) is 5.52 Å². The van der Waals surface area contributed by atoms with Crippen molar-refractivity contribution < 1.29 is 5.11 Å². The summed E-state index contributed by atoms with van der Waals surface area (Å²) in [5, 5.41) is 12.2. The lowest BCUT2D eigenvalue weighted by Gasteiger charge is -2.28. The molecule has 1 atom stereocenters. The van der Waals surface area contributed by atoms with Gasteiger partial charge >= 0.3 is 0 Å². The standard InChI is InChI=1S/C19H19NO/c1-3-19(21,16-7-5-4-6-8-16)17-11-12-18-15(13-17)10-9-14(2)20-18/h4-13,21H,3H2,1-2H3. The lowest BCUT2D eigenvalue weighted by atomic mass is 9.83. The highest BCUT2D eigenvalue weighted by Gasteiger charge is 2.29. The molecule has 0 aliphatic carbocycles. The van der Waals surface area contributed by atoms with E-state index in [-0.39, 0.29) is 0 Å². The molecule has 2 nitrogen and oxygen atoms in total. The molecule has 106 valence electrons. The molecule has 2 aromatic carbocycles. The van der Waals surface area contributed by atoms with Crippen LogP contribution in [0.25, 0.3) is 10.9 Å². The summed E-state index contributed by atoms with van der Waals surface area (Å²) in [7, 11) is 0. The topological polar surface area (TPSA) is 33.1 Å². The first-order valence-corrected chi connectivity index (χ1v) is 7.29. The minimum atomic E-state index is -0.958. The lowest BCUT2D eigenvalue weighted by Crippen LogP contribution is -2.26. The molecule has 0 spiro atoms. The molecule has 21 heavy (non-hydrogen) atoms. The molecule has 0 bridgehead atoms. The normalized spacial score (nSPS) is 14.0. The van der Waals surface area contributed by atoms with Crippen molar-refractivity contribution in [1.29, 1.82) is 0 Å². The molecule has 0 fully saturated rings. The van der Waals surface area contributed by atoms with Gasteiger partial charge in [0, 0.05) is 11.1 Å². The van der Waals surface area contributed by atoms with Crippen molar-refractivity contribution in [2.24, 2.45) is 0 Å². The number of aliphatic hydroxyl groups is 1.